The van der Waals surface area contributed by atoms with Gasteiger partial charge in [0.25, 0.3) is 0 Å². The average molecular weight is 566 g/mol. The quantitative estimate of drug-likeness (QED) is 0.327. The molecule has 1 unspecified atom stereocenters. The molecule has 0 bridgehead atoms. The molecule has 2 N–H and O–H groups in total. The SMILES string of the molecule is CN=C(NCC(C)(C)N1CCOCC1)NC1CCN(c2ccccc2Br)C1.I. The summed E-state index contributed by atoms with van der Waals surface area (Å²) in [5.41, 5.74) is 1.33. The van der Waals surface area contributed by atoms with E-state index in [0.717, 1.165) is 62.8 Å². The largest absolute Gasteiger partial charge is 0.379 e. The Bertz CT molecular complexity index is 651. The predicted molar refractivity (Wildman–Crippen MR) is 131 cm³/mol. The van der Waals surface area contributed by atoms with Crippen molar-refractivity contribution in [3.63, 3.8) is 0 Å². The van der Waals surface area contributed by atoms with Crippen LogP contribution in [0, 0.1) is 0 Å². The molecule has 2 heterocycles. The molecule has 1 aromatic carbocycles. The highest BCUT2D eigenvalue weighted by Crippen LogP contribution is 2.28. The highest BCUT2D eigenvalue weighted by atomic mass is 127. The van der Waals surface area contributed by atoms with Gasteiger partial charge in [-0.1, -0.05) is 12.1 Å². The maximum Gasteiger partial charge on any atom is 0.191 e. The first-order valence-corrected chi connectivity index (χ1v) is 10.6. The van der Waals surface area contributed by atoms with Gasteiger partial charge in [0.2, 0.25) is 0 Å². The summed E-state index contributed by atoms with van der Waals surface area (Å²) in [5, 5.41) is 7.13. The van der Waals surface area contributed by atoms with Crippen LogP contribution >= 0.6 is 39.9 Å². The second kappa shape index (κ2) is 11.0. The van der Waals surface area contributed by atoms with Crippen LogP contribution < -0.4 is 15.5 Å². The van der Waals surface area contributed by atoms with Crippen LogP contribution in [0.4, 0.5) is 5.69 Å². The summed E-state index contributed by atoms with van der Waals surface area (Å²) >= 11 is 3.66. The van der Waals surface area contributed by atoms with Gasteiger partial charge in [0.05, 0.1) is 18.9 Å². The van der Waals surface area contributed by atoms with Crippen molar-refractivity contribution in [1.82, 2.24) is 15.5 Å². The average Bonchev–Trinajstić information content (AvgIpc) is 3.14. The highest BCUT2D eigenvalue weighted by molar-refractivity contribution is 14.0. The number of para-hydroxylation sites is 1. The van der Waals surface area contributed by atoms with Gasteiger partial charge in [-0.25, -0.2) is 0 Å². The van der Waals surface area contributed by atoms with Crippen molar-refractivity contribution in [2.45, 2.75) is 31.8 Å². The topological polar surface area (TPSA) is 52.1 Å². The molecule has 0 amide bonds. The lowest BCUT2D eigenvalue weighted by Gasteiger charge is -2.41. The van der Waals surface area contributed by atoms with Crippen molar-refractivity contribution in [3.8, 4) is 0 Å². The van der Waals surface area contributed by atoms with Crippen LogP contribution in [0.25, 0.3) is 0 Å². The summed E-state index contributed by atoms with van der Waals surface area (Å²) in [6, 6.07) is 8.82. The van der Waals surface area contributed by atoms with E-state index in [1.807, 2.05) is 7.05 Å². The zero-order valence-electron chi connectivity index (χ0n) is 17.1. The zero-order valence-corrected chi connectivity index (χ0v) is 21.0. The molecule has 0 radical (unpaired) electrons. The molecule has 0 spiro atoms. The van der Waals surface area contributed by atoms with Crippen LogP contribution in [-0.4, -0.2) is 75.4 Å². The lowest BCUT2D eigenvalue weighted by Crippen LogP contribution is -2.57. The van der Waals surface area contributed by atoms with Crippen molar-refractivity contribution in [2.75, 3.05) is 57.9 Å². The Morgan fingerprint density at radius 2 is 1.96 bits per heavy atom. The minimum absolute atomic E-state index is 0. The molecule has 6 nitrogen and oxygen atoms in total. The molecular weight excluding hydrogens is 533 g/mol. The fourth-order valence-corrected chi connectivity index (χ4v) is 4.31. The van der Waals surface area contributed by atoms with E-state index in [0.29, 0.717) is 6.04 Å². The van der Waals surface area contributed by atoms with E-state index in [4.69, 9.17) is 4.74 Å². The number of hydrogen-bond acceptors (Lipinski definition) is 4. The Balaban J connectivity index is 0.00000280. The standard InChI is InChI=1S/C20H32BrN5O.HI/c1-20(2,26-10-12-27-13-11-26)15-23-19(22-3)24-16-8-9-25(14-16)18-7-5-4-6-17(18)21;/h4-7,16H,8-15H2,1-3H3,(H2,22,23,24);1H. The van der Waals surface area contributed by atoms with Crippen molar-refractivity contribution in [3.05, 3.63) is 28.7 Å². The second-order valence-corrected chi connectivity index (χ2v) is 8.72. The van der Waals surface area contributed by atoms with Crippen LogP contribution in [0.15, 0.2) is 33.7 Å². The first-order valence-electron chi connectivity index (χ1n) is 9.79. The summed E-state index contributed by atoms with van der Waals surface area (Å²) < 4.78 is 6.63. The summed E-state index contributed by atoms with van der Waals surface area (Å²) in [4.78, 5) is 9.35. The Hall–Kier alpha value is -0.580. The number of ether oxygens (including phenoxy) is 1. The Kier molecular flexibility index (Phi) is 9.30. The maximum atomic E-state index is 5.48. The number of aliphatic imine (C=N–C) groups is 1. The number of guanidine groups is 1. The number of nitrogens with one attached hydrogen (secondary N) is 2. The lowest BCUT2D eigenvalue weighted by molar-refractivity contribution is -0.00834. The predicted octanol–water partition coefficient (Wildman–Crippen LogP) is 2.92. The summed E-state index contributed by atoms with van der Waals surface area (Å²) in [6.07, 6.45) is 1.11. The third kappa shape index (κ3) is 6.21. The van der Waals surface area contributed by atoms with Gasteiger partial charge >= 0.3 is 0 Å². The van der Waals surface area contributed by atoms with E-state index >= 15 is 0 Å². The van der Waals surface area contributed by atoms with E-state index in [-0.39, 0.29) is 29.5 Å². The molecule has 2 saturated heterocycles. The first kappa shape index (κ1) is 23.7. The molecule has 1 aromatic rings. The molecular formula is C20H33BrIN5O. The number of hydrogen-bond donors (Lipinski definition) is 2. The second-order valence-electron chi connectivity index (χ2n) is 7.86. The van der Waals surface area contributed by atoms with Gasteiger partial charge in [-0.2, -0.15) is 0 Å². The lowest BCUT2D eigenvalue weighted by atomic mass is 10.0. The Morgan fingerprint density at radius 3 is 2.64 bits per heavy atom. The summed E-state index contributed by atoms with van der Waals surface area (Å²) in [7, 11) is 1.84. The zero-order chi connectivity index (χ0) is 19.3. The van der Waals surface area contributed by atoms with Gasteiger partial charge in [0.15, 0.2) is 5.96 Å². The third-order valence-corrected chi connectivity index (χ3v) is 6.17. The van der Waals surface area contributed by atoms with Crippen LogP contribution in [0.3, 0.4) is 0 Å². The highest BCUT2D eigenvalue weighted by Gasteiger charge is 2.29. The number of halogens is 2. The minimum Gasteiger partial charge on any atom is -0.379 e. The summed E-state index contributed by atoms with van der Waals surface area (Å²) in [5.74, 6) is 0.885. The Labute approximate surface area is 194 Å². The smallest absolute Gasteiger partial charge is 0.191 e. The van der Waals surface area contributed by atoms with E-state index in [2.05, 4.69) is 79.5 Å². The maximum absolute atomic E-state index is 5.48. The van der Waals surface area contributed by atoms with E-state index in [9.17, 15) is 0 Å². The van der Waals surface area contributed by atoms with E-state index < -0.39 is 0 Å². The van der Waals surface area contributed by atoms with E-state index in [1.54, 1.807) is 0 Å². The molecule has 2 fully saturated rings. The third-order valence-electron chi connectivity index (χ3n) is 5.50. The molecule has 1 atom stereocenters. The number of morpholine rings is 1. The molecule has 8 heteroatoms. The molecule has 0 saturated carbocycles. The molecule has 3 rings (SSSR count). The van der Waals surface area contributed by atoms with Gasteiger partial charge in [-0.3, -0.25) is 9.89 Å². The molecule has 0 aromatic heterocycles. The van der Waals surface area contributed by atoms with Gasteiger partial charge in [0.1, 0.15) is 0 Å². The first-order chi connectivity index (χ1) is 13.0. The van der Waals surface area contributed by atoms with Crippen LogP contribution in [0.1, 0.15) is 20.3 Å². The van der Waals surface area contributed by atoms with Gasteiger partial charge in [-0.05, 0) is 48.3 Å². The summed E-state index contributed by atoms with van der Waals surface area (Å²) in [6.45, 7) is 11.1. The minimum atomic E-state index is 0. The molecule has 2 aliphatic rings. The van der Waals surface area contributed by atoms with Crippen molar-refractivity contribution >= 4 is 51.6 Å². The number of nitrogens with zero attached hydrogens (tertiary/aromatic N) is 3. The van der Waals surface area contributed by atoms with Gasteiger partial charge in [0, 0.05) is 55.8 Å². The molecule has 0 aliphatic carbocycles. The fourth-order valence-electron chi connectivity index (χ4n) is 3.77. The monoisotopic (exact) mass is 565 g/mol. The van der Waals surface area contributed by atoms with Gasteiger partial charge in [-0.15, -0.1) is 24.0 Å². The van der Waals surface area contributed by atoms with Crippen molar-refractivity contribution < 1.29 is 4.74 Å². The molecule has 28 heavy (non-hydrogen) atoms. The van der Waals surface area contributed by atoms with Crippen LogP contribution in [0.2, 0.25) is 0 Å². The van der Waals surface area contributed by atoms with Crippen LogP contribution in [0.5, 0.6) is 0 Å². The molecule has 2 aliphatic heterocycles. The fraction of sp³-hybridized carbons (Fsp3) is 0.650. The molecule has 158 valence electrons. The normalized spacial score (nSPS) is 21.4. The van der Waals surface area contributed by atoms with E-state index in [1.165, 1.54) is 5.69 Å². The number of benzene rings is 1. The van der Waals surface area contributed by atoms with Crippen LogP contribution in [-0.2, 0) is 4.74 Å². The van der Waals surface area contributed by atoms with Crippen molar-refractivity contribution in [1.29, 1.82) is 0 Å². The Morgan fingerprint density at radius 1 is 1.25 bits per heavy atom. The number of anilines is 1. The number of rotatable bonds is 5. The van der Waals surface area contributed by atoms with Gasteiger partial charge < -0.3 is 20.3 Å². The van der Waals surface area contributed by atoms with Crippen molar-refractivity contribution in [2.24, 2.45) is 4.99 Å².